The number of rotatable bonds is 5. The fourth-order valence-corrected chi connectivity index (χ4v) is 2.45. The Morgan fingerprint density at radius 1 is 0.920 bits per heavy atom. The van der Waals surface area contributed by atoms with Crippen LogP contribution in [0.25, 0.3) is 6.08 Å². The molecule has 0 spiro atoms. The third-order valence-electron chi connectivity index (χ3n) is 3.49. The molecule has 0 aliphatic carbocycles. The topological polar surface area (TPSA) is 42.0 Å². The van der Waals surface area contributed by atoms with E-state index in [0.29, 0.717) is 21.4 Å². The van der Waals surface area contributed by atoms with Gasteiger partial charge in [-0.1, -0.05) is 23.2 Å². The smallest absolute Gasteiger partial charge is 0.185 e. The minimum Gasteiger partial charge on any atom is -0.340 e. The lowest BCUT2D eigenvalue weighted by atomic mass is 10.1. The van der Waals surface area contributed by atoms with Crippen molar-refractivity contribution in [2.45, 2.75) is 0 Å². The first-order valence-electron chi connectivity index (χ1n) is 7.57. The maximum atomic E-state index is 12.3. The monoisotopic (exact) mass is 368 g/mol. The number of ketones is 1. The molecule has 1 N–H and O–H groups in total. The molecule has 3 aromatic rings. The maximum Gasteiger partial charge on any atom is 0.185 e. The zero-order chi connectivity index (χ0) is 17.6. The van der Waals surface area contributed by atoms with Crippen LogP contribution in [0.2, 0.25) is 10.0 Å². The molecular formula is C20H14Cl2N2O. The lowest BCUT2D eigenvalue weighted by Crippen LogP contribution is -1.97. The van der Waals surface area contributed by atoms with Gasteiger partial charge in [-0.3, -0.25) is 4.79 Å². The first-order chi connectivity index (χ1) is 12.1. The molecule has 0 amide bonds. The normalized spacial score (nSPS) is 10.8. The standard InChI is InChI=1S/C20H14Cl2N2O/c21-16-6-3-14(4-7-16)19(25)12-5-15-2-1-13-23-20(15)24-18-10-8-17(22)9-11-18/h1-13H,(H,23,24)/b12-5+. The molecule has 25 heavy (non-hydrogen) atoms. The van der Waals surface area contributed by atoms with Crippen LogP contribution < -0.4 is 5.32 Å². The van der Waals surface area contributed by atoms with Crippen molar-refractivity contribution >= 4 is 46.6 Å². The van der Waals surface area contributed by atoms with Crippen LogP contribution in [0, 0.1) is 0 Å². The van der Waals surface area contributed by atoms with Crippen molar-refractivity contribution in [3.05, 3.63) is 94.1 Å². The van der Waals surface area contributed by atoms with Crippen LogP contribution in [0.15, 0.2) is 72.9 Å². The summed E-state index contributed by atoms with van der Waals surface area (Å²) in [4.78, 5) is 16.6. The van der Waals surface area contributed by atoms with E-state index in [0.717, 1.165) is 11.3 Å². The van der Waals surface area contributed by atoms with Gasteiger partial charge in [-0.15, -0.1) is 0 Å². The molecule has 0 bridgehead atoms. The summed E-state index contributed by atoms with van der Waals surface area (Å²) in [6.07, 6.45) is 4.95. The van der Waals surface area contributed by atoms with Gasteiger partial charge in [0.05, 0.1) is 0 Å². The molecule has 0 radical (unpaired) electrons. The number of pyridine rings is 1. The highest BCUT2D eigenvalue weighted by Gasteiger charge is 2.04. The molecule has 0 unspecified atom stereocenters. The fourth-order valence-electron chi connectivity index (χ4n) is 2.20. The summed E-state index contributed by atoms with van der Waals surface area (Å²) in [5, 5.41) is 4.49. The number of halogens is 2. The minimum absolute atomic E-state index is 0.0991. The lowest BCUT2D eigenvalue weighted by molar-refractivity contribution is 0.104. The lowest BCUT2D eigenvalue weighted by Gasteiger charge is -2.08. The quantitative estimate of drug-likeness (QED) is 0.441. The summed E-state index contributed by atoms with van der Waals surface area (Å²) in [6, 6.07) is 17.8. The van der Waals surface area contributed by atoms with E-state index in [9.17, 15) is 4.79 Å². The number of hydrogen-bond acceptors (Lipinski definition) is 3. The van der Waals surface area contributed by atoms with Gasteiger partial charge in [0.2, 0.25) is 0 Å². The van der Waals surface area contributed by atoms with Gasteiger partial charge in [-0.25, -0.2) is 4.98 Å². The molecular weight excluding hydrogens is 355 g/mol. The van der Waals surface area contributed by atoms with Gasteiger partial charge in [0, 0.05) is 33.1 Å². The van der Waals surface area contributed by atoms with E-state index in [1.54, 1.807) is 48.7 Å². The third kappa shape index (κ3) is 4.69. The predicted molar refractivity (Wildman–Crippen MR) is 104 cm³/mol. The van der Waals surface area contributed by atoms with Crippen LogP contribution in [0.4, 0.5) is 11.5 Å². The van der Waals surface area contributed by atoms with Gasteiger partial charge in [-0.05, 0) is 72.8 Å². The first kappa shape index (κ1) is 17.2. The highest BCUT2D eigenvalue weighted by Crippen LogP contribution is 2.21. The minimum atomic E-state index is -0.0991. The van der Waals surface area contributed by atoms with Gasteiger partial charge in [0.15, 0.2) is 5.78 Å². The number of carbonyl (C=O) groups excluding carboxylic acids is 1. The Kier molecular flexibility index (Phi) is 5.49. The molecule has 3 nitrogen and oxygen atoms in total. The molecule has 3 rings (SSSR count). The van der Waals surface area contributed by atoms with E-state index < -0.39 is 0 Å². The maximum absolute atomic E-state index is 12.3. The fraction of sp³-hybridized carbons (Fsp3) is 0. The number of nitrogens with zero attached hydrogens (tertiary/aromatic N) is 1. The Morgan fingerprint density at radius 3 is 2.24 bits per heavy atom. The van der Waals surface area contributed by atoms with Crippen molar-refractivity contribution in [3.63, 3.8) is 0 Å². The summed E-state index contributed by atoms with van der Waals surface area (Å²) in [6.45, 7) is 0. The average molecular weight is 369 g/mol. The van der Waals surface area contributed by atoms with E-state index >= 15 is 0 Å². The number of allylic oxidation sites excluding steroid dienone is 1. The van der Waals surface area contributed by atoms with E-state index in [4.69, 9.17) is 23.2 Å². The van der Waals surface area contributed by atoms with Gasteiger partial charge in [-0.2, -0.15) is 0 Å². The van der Waals surface area contributed by atoms with Crippen LogP contribution in [0.3, 0.4) is 0 Å². The second kappa shape index (κ2) is 7.97. The molecule has 1 aromatic heterocycles. The number of anilines is 2. The van der Waals surface area contributed by atoms with Gasteiger partial charge in [0.1, 0.15) is 5.82 Å². The summed E-state index contributed by atoms with van der Waals surface area (Å²) >= 11 is 11.7. The van der Waals surface area contributed by atoms with Gasteiger partial charge in [0.25, 0.3) is 0 Å². The van der Waals surface area contributed by atoms with Crippen molar-refractivity contribution < 1.29 is 4.79 Å². The summed E-state index contributed by atoms with van der Waals surface area (Å²) in [5.74, 6) is 0.558. The molecule has 0 atom stereocenters. The molecule has 0 aliphatic heterocycles. The molecule has 1 heterocycles. The summed E-state index contributed by atoms with van der Waals surface area (Å²) in [7, 11) is 0. The Labute approximate surface area is 155 Å². The molecule has 124 valence electrons. The van der Waals surface area contributed by atoms with Crippen LogP contribution in [-0.4, -0.2) is 10.8 Å². The third-order valence-corrected chi connectivity index (χ3v) is 3.99. The van der Waals surface area contributed by atoms with Crippen LogP contribution in [-0.2, 0) is 0 Å². The number of carbonyl (C=O) groups is 1. The zero-order valence-electron chi connectivity index (χ0n) is 13.1. The second-order valence-corrected chi connectivity index (χ2v) is 6.15. The summed E-state index contributed by atoms with van der Waals surface area (Å²) < 4.78 is 0. The van der Waals surface area contributed by atoms with Crippen molar-refractivity contribution in [3.8, 4) is 0 Å². The van der Waals surface area contributed by atoms with Gasteiger partial charge < -0.3 is 5.32 Å². The molecule has 0 fully saturated rings. The zero-order valence-corrected chi connectivity index (χ0v) is 14.6. The van der Waals surface area contributed by atoms with Crippen LogP contribution in [0.5, 0.6) is 0 Å². The highest BCUT2D eigenvalue weighted by atomic mass is 35.5. The molecule has 0 aliphatic rings. The molecule has 2 aromatic carbocycles. The Morgan fingerprint density at radius 2 is 1.56 bits per heavy atom. The number of aromatic nitrogens is 1. The molecule has 5 heteroatoms. The van der Waals surface area contributed by atoms with Crippen molar-refractivity contribution in [1.82, 2.24) is 4.98 Å². The number of hydrogen-bond donors (Lipinski definition) is 1. The predicted octanol–water partition coefficient (Wildman–Crippen LogP) is 6.03. The van der Waals surface area contributed by atoms with E-state index in [1.165, 1.54) is 6.08 Å². The van der Waals surface area contributed by atoms with E-state index in [2.05, 4.69) is 10.3 Å². The Balaban J connectivity index is 1.79. The van der Waals surface area contributed by atoms with E-state index in [1.807, 2.05) is 24.3 Å². The first-order valence-corrected chi connectivity index (χ1v) is 8.33. The number of nitrogens with one attached hydrogen (secondary N) is 1. The van der Waals surface area contributed by atoms with E-state index in [-0.39, 0.29) is 5.78 Å². The molecule has 0 saturated carbocycles. The molecule has 0 saturated heterocycles. The Hall–Kier alpha value is -2.62. The highest BCUT2D eigenvalue weighted by molar-refractivity contribution is 6.31. The van der Waals surface area contributed by atoms with Crippen molar-refractivity contribution in [2.75, 3.05) is 5.32 Å². The largest absolute Gasteiger partial charge is 0.340 e. The SMILES string of the molecule is O=C(/C=C/c1cccnc1Nc1ccc(Cl)cc1)c1ccc(Cl)cc1. The Bertz CT molecular complexity index is 904. The van der Waals surface area contributed by atoms with Crippen LogP contribution in [0.1, 0.15) is 15.9 Å². The van der Waals surface area contributed by atoms with Gasteiger partial charge >= 0.3 is 0 Å². The second-order valence-electron chi connectivity index (χ2n) is 5.28. The number of benzene rings is 2. The average Bonchev–Trinajstić information content (AvgIpc) is 2.63. The summed E-state index contributed by atoms with van der Waals surface area (Å²) in [5.41, 5.74) is 2.25. The van der Waals surface area contributed by atoms with Crippen molar-refractivity contribution in [2.24, 2.45) is 0 Å². The van der Waals surface area contributed by atoms with Crippen LogP contribution >= 0.6 is 23.2 Å². The van der Waals surface area contributed by atoms with Crippen molar-refractivity contribution in [1.29, 1.82) is 0 Å².